The lowest BCUT2D eigenvalue weighted by Gasteiger charge is -2.22. The van der Waals surface area contributed by atoms with Crippen molar-refractivity contribution >= 4 is 5.91 Å². The van der Waals surface area contributed by atoms with Gasteiger partial charge in [-0.25, -0.2) is 0 Å². The third-order valence-electron chi connectivity index (χ3n) is 2.58. The zero-order valence-electron chi connectivity index (χ0n) is 11.5. The molecule has 0 radical (unpaired) electrons. The molecular weight excluding hydrogens is 246 g/mol. The van der Waals surface area contributed by atoms with E-state index in [-0.39, 0.29) is 29.0 Å². The minimum Gasteiger partial charge on any atom is -0.504 e. The molecule has 0 fully saturated rings. The Morgan fingerprint density at radius 1 is 1.26 bits per heavy atom. The smallest absolute Gasteiger partial charge is 0.251 e. The van der Waals surface area contributed by atoms with Crippen LogP contribution in [0.15, 0.2) is 18.2 Å². The van der Waals surface area contributed by atoms with Gasteiger partial charge in [0.05, 0.1) is 6.10 Å². The Morgan fingerprint density at radius 2 is 1.89 bits per heavy atom. The molecule has 19 heavy (non-hydrogen) atoms. The summed E-state index contributed by atoms with van der Waals surface area (Å²) in [6.45, 7) is 6.18. The maximum Gasteiger partial charge on any atom is 0.251 e. The Morgan fingerprint density at radius 3 is 2.42 bits per heavy atom. The number of benzene rings is 1. The molecule has 5 heteroatoms. The number of rotatable bonds is 4. The van der Waals surface area contributed by atoms with Gasteiger partial charge < -0.3 is 20.6 Å². The van der Waals surface area contributed by atoms with E-state index in [4.69, 9.17) is 5.11 Å². The summed E-state index contributed by atoms with van der Waals surface area (Å²) in [6, 6.07) is 3.83. The van der Waals surface area contributed by atoms with Crippen LogP contribution in [0, 0.1) is 5.41 Å². The fourth-order valence-corrected chi connectivity index (χ4v) is 1.76. The van der Waals surface area contributed by atoms with Gasteiger partial charge in [0.15, 0.2) is 11.5 Å². The minimum atomic E-state index is -0.616. The van der Waals surface area contributed by atoms with E-state index >= 15 is 0 Å². The topological polar surface area (TPSA) is 89.8 Å². The van der Waals surface area contributed by atoms with Gasteiger partial charge in [-0.15, -0.1) is 0 Å². The first kappa shape index (κ1) is 15.3. The van der Waals surface area contributed by atoms with Crippen molar-refractivity contribution in [3.8, 4) is 11.5 Å². The maximum absolute atomic E-state index is 11.8. The van der Waals surface area contributed by atoms with Crippen LogP contribution in [0.5, 0.6) is 11.5 Å². The zero-order valence-corrected chi connectivity index (χ0v) is 11.5. The molecular formula is C14H21NO4. The van der Waals surface area contributed by atoms with Crippen LogP contribution < -0.4 is 5.32 Å². The summed E-state index contributed by atoms with van der Waals surface area (Å²) in [6.07, 6.45) is -0.0386. The molecule has 1 atom stereocenters. The van der Waals surface area contributed by atoms with E-state index in [1.807, 2.05) is 20.8 Å². The van der Waals surface area contributed by atoms with Crippen LogP contribution in [0.1, 0.15) is 37.6 Å². The highest BCUT2D eigenvalue weighted by Crippen LogP contribution is 2.24. The average molecular weight is 267 g/mol. The molecule has 1 rings (SSSR count). The summed E-state index contributed by atoms with van der Waals surface area (Å²) in [4.78, 5) is 11.8. The fourth-order valence-electron chi connectivity index (χ4n) is 1.76. The number of aliphatic hydroxyl groups excluding tert-OH is 1. The van der Waals surface area contributed by atoms with Crippen molar-refractivity contribution in [3.63, 3.8) is 0 Å². The monoisotopic (exact) mass is 267 g/mol. The lowest BCUT2D eigenvalue weighted by Crippen LogP contribution is -2.34. The number of phenolic OH excluding ortho intramolecular Hbond substituents is 2. The van der Waals surface area contributed by atoms with Gasteiger partial charge in [-0.3, -0.25) is 4.79 Å². The molecule has 5 nitrogen and oxygen atoms in total. The molecule has 106 valence electrons. The van der Waals surface area contributed by atoms with Gasteiger partial charge in [0.1, 0.15) is 0 Å². The van der Waals surface area contributed by atoms with Crippen molar-refractivity contribution in [2.45, 2.75) is 33.3 Å². The summed E-state index contributed by atoms with van der Waals surface area (Å²) < 4.78 is 0. The molecule has 0 bridgehead atoms. The van der Waals surface area contributed by atoms with Gasteiger partial charge in [-0.05, 0) is 30.0 Å². The predicted octanol–water partition coefficient (Wildman–Crippen LogP) is 1.62. The molecule has 1 amide bonds. The van der Waals surface area contributed by atoms with Gasteiger partial charge in [0, 0.05) is 12.1 Å². The zero-order chi connectivity index (χ0) is 14.6. The van der Waals surface area contributed by atoms with E-state index in [1.165, 1.54) is 18.2 Å². The van der Waals surface area contributed by atoms with Crippen LogP contribution in [0.3, 0.4) is 0 Å². The molecule has 0 aliphatic carbocycles. The molecule has 0 heterocycles. The largest absolute Gasteiger partial charge is 0.504 e. The Bertz CT molecular complexity index is 451. The highest BCUT2D eigenvalue weighted by molar-refractivity contribution is 5.94. The number of amides is 1. The Balaban J connectivity index is 2.53. The number of phenols is 2. The molecule has 4 N–H and O–H groups in total. The summed E-state index contributed by atoms with van der Waals surface area (Å²) in [5.41, 5.74) is 0.222. The van der Waals surface area contributed by atoms with Crippen molar-refractivity contribution in [1.29, 1.82) is 0 Å². The van der Waals surface area contributed by atoms with Gasteiger partial charge in [0.2, 0.25) is 0 Å². The summed E-state index contributed by atoms with van der Waals surface area (Å²) in [5, 5.41) is 30.8. The van der Waals surface area contributed by atoms with Crippen LogP contribution in [-0.4, -0.2) is 33.9 Å². The van der Waals surface area contributed by atoms with Gasteiger partial charge in [-0.2, -0.15) is 0 Å². The summed E-state index contributed by atoms with van der Waals surface area (Å²) in [5.74, 6) is -1.02. The predicted molar refractivity (Wildman–Crippen MR) is 72.2 cm³/mol. The number of aliphatic hydroxyl groups is 1. The molecule has 0 saturated heterocycles. The van der Waals surface area contributed by atoms with Crippen LogP contribution in [0.25, 0.3) is 0 Å². The number of carbonyl (C=O) groups is 1. The minimum absolute atomic E-state index is 0.0129. The number of hydrogen-bond acceptors (Lipinski definition) is 4. The third-order valence-corrected chi connectivity index (χ3v) is 2.58. The van der Waals surface area contributed by atoms with E-state index in [2.05, 4.69) is 5.32 Å². The second-order valence-corrected chi connectivity index (χ2v) is 5.83. The van der Waals surface area contributed by atoms with Crippen molar-refractivity contribution in [3.05, 3.63) is 23.8 Å². The van der Waals surface area contributed by atoms with Crippen molar-refractivity contribution < 1.29 is 20.1 Å². The second kappa shape index (κ2) is 5.93. The lowest BCUT2D eigenvalue weighted by atomic mass is 9.89. The summed E-state index contributed by atoms with van der Waals surface area (Å²) >= 11 is 0. The van der Waals surface area contributed by atoms with Gasteiger partial charge in [-0.1, -0.05) is 20.8 Å². The van der Waals surface area contributed by atoms with Gasteiger partial charge >= 0.3 is 0 Å². The molecule has 1 aromatic carbocycles. The third kappa shape index (κ3) is 5.18. The van der Waals surface area contributed by atoms with E-state index in [1.54, 1.807) is 0 Å². The standard InChI is InChI=1S/C14H21NO4/c1-14(2,3)7-10(16)8-15-13(19)9-4-5-11(17)12(18)6-9/h4-6,10,16-18H,7-8H2,1-3H3,(H,15,19). The van der Waals surface area contributed by atoms with Crippen LogP contribution in [-0.2, 0) is 0 Å². The first-order valence-electron chi connectivity index (χ1n) is 6.17. The Hall–Kier alpha value is -1.75. The molecule has 0 spiro atoms. The molecule has 1 aromatic rings. The lowest BCUT2D eigenvalue weighted by molar-refractivity contribution is 0.0868. The average Bonchev–Trinajstić information content (AvgIpc) is 2.27. The van der Waals surface area contributed by atoms with Crippen molar-refractivity contribution in [2.75, 3.05) is 6.54 Å². The number of nitrogens with one attached hydrogen (secondary N) is 1. The fraction of sp³-hybridized carbons (Fsp3) is 0.500. The van der Waals surface area contributed by atoms with Crippen molar-refractivity contribution in [2.24, 2.45) is 5.41 Å². The molecule has 0 saturated carbocycles. The van der Waals surface area contributed by atoms with E-state index in [0.717, 1.165) is 0 Å². The van der Waals surface area contributed by atoms with Crippen molar-refractivity contribution in [1.82, 2.24) is 5.32 Å². The maximum atomic E-state index is 11.8. The first-order valence-corrected chi connectivity index (χ1v) is 6.17. The number of aromatic hydroxyl groups is 2. The highest BCUT2D eigenvalue weighted by Gasteiger charge is 2.17. The first-order chi connectivity index (χ1) is 8.69. The quantitative estimate of drug-likeness (QED) is 0.624. The normalized spacial score (nSPS) is 13.1. The SMILES string of the molecule is CC(C)(C)CC(O)CNC(=O)c1ccc(O)c(O)c1. The van der Waals surface area contributed by atoms with E-state index in [0.29, 0.717) is 6.42 Å². The molecule has 0 aliphatic rings. The van der Waals surface area contributed by atoms with E-state index < -0.39 is 12.0 Å². The second-order valence-electron chi connectivity index (χ2n) is 5.83. The summed E-state index contributed by atoms with van der Waals surface area (Å²) in [7, 11) is 0. The Kier molecular flexibility index (Phi) is 4.78. The number of hydrogen-bond donors (Lipinski definition) is 4. The van der Waals surface area contributed by atoms with Gasteiger partial charge in [0.25, 0.3) is 5.91 Å². The number of carbonyl (C=O) groups excluding carboxylic acids is 1. The highest BCUT2D eigenvalue weighted by atomic mass is 16.3. The van der Waals surface area contributed by atoms with Crippen LogP contribution in [0.2, 0.25) is 0 Å². The molecule has 1 unspecified atom stereocenters. The van der Waals surface area contributed by atoms with Crippen LogP contribution in [0.4, 0.5) is 0 Å². The molecule has 0 aromatic heterocycles. The van der Waals surface area contributed by atoms with E-state index in [9.17, 15) is 15.0 Å². The Labute approximate surface area is 112 Å². The van der Waals surface area contributed by atoms with Crippen LogP contribution >= 0.6 is 0 Å². The molecule has 0 aliphatic heterocycles.